The third-order valence-electron chi connectivity index (χ3n) is 5.21. The van der Waals surface area contributed by atoms with Gasteiger partial charge in [0.1, 0.15) is 0 Å². The predicted molar refractivity (Wildman–Crippen MR) is 130 cm³/mol. The highest BCUT2D eigenvalue weighted by atomic mass is 35.5. The fourth-order valence-electron chi connectivity index (χ4n) is 3.27. The summed E-state index contributed by atoms with van der Waals surface area (Å²) in [7, 11) is 1.72. The first-order valence-corrected chi connectivity index (χ1v) is 11.0. The zero-order valence-corrected chi connectivity index (χ0v) is 19.4. The molecule has 0 saturated heterocycles. The van der Waals surface area contributed by atoms with E-state index in [2.05, 4.69) is 10.6 Å². The molecule has 0 spiro atoms. The molecule has 2 N–H and O–H groups in total. The third-order valence-corrected chi connectivity index (χ3v) is 5.84. The lowest BCUT2D eigenvalue weighted by Crippen LogP contribution is -2.47. The molecule has 0 bridgehead atoms. The van der Waals surface area contributed by atoms with E-state index in [1.165, 1.54) is 0 Å². The summed E-state index contributed by atoms with van der Waals surface area (Å²) in [5.41, 5.74) is 2.32. The van der Waals surface area contributed by atoms with Crippen LogP contribution in [0.3, 0.4) is 0 Å². The van der Waals surface area contributed by atoms with Crippen molar-refractivity contribution in [2.75, 3.05) is 18.9 Å². The molecule has 0 aliphatic heterocycles. The van der Waals surface area contributed by atoms with Crippen molar-refractivity contribution in [2.24, 2.45) is 0 Å². The van der Waals surface area contributed by atoms with Crippen LogP contribution in [0.4, 0.5) is 5.69 Å². The van der Waals surface area contributed by atoms with Crippen molar-refractivity contribution in [1.82, 2.24) is 10.2 Å². The van der Waals surface area contributed by atoms with Gasteiger partial charge in [-0.25, -0.2) is 0 Å². The second-order valence-electron chi connectivity index (χ2n) is 7.50. The zero-order valence-electron chi connectivity index (χ0n) is 17.9. The molecule has 0 aromatic heterocycles. The molecule has 0 heterocycles. The first-order valence-electron chi connectivity index (χ1n) is 10.2. The number of halogens is 2. The molecule has 3 aromatic rings. The van der Waals surface area contributed by atoms with Crippen molar-refractivity contribution >= 4 is 40.7 Å². The lowest BCUT2D eigenvalue weighted by Gasteiger charge is -2.27. The van der Waals surface area contributed by atoms with E-state index >= 15 is 0 Å². The molecular weight excluding hydrogens is 445 g/mol. The fraction of sp³-hybridized carbons (Fsp3) is 0.200. The Kier molecular flexibility index (Phi) is 8.28. The number of para-hydroxylation sites is 1. The Morgan fingerprint density at radius 2 is 1.34 bits per heavy atom. The van der Waals surface area contributed by atoms with Crippen LogP contribution >= 0.6 is 23.2 Å². The van der Waals surface area contributed by atoms with Crippen LogP contribution in [-0.4, -0.2) is 36.3 Å². The SMILES string of the molecule is C[C@@H](C(=O)NC(c1ccccc1)c1ccccc1)N(C)CC(=O)Nc1c(Cl)cccc1Cl. The topological polar surface area (TPSA) is 61.4 Å². The summed E-state index contributed by atoms with van der Waals surface area (Å²) in [4.78, 5) is 27.2. The molecule has 3 rings (SSSR count). The van der Waals surface area contributed by atoms with Crippen LogP contribution in [0.5, 0.6) is 0 Å². The summed E-state index contributed by atoms with van der Waals surface area (Å²) in [5.74, 6) is -0.501. The van der Waals surface area contributed by atoms with Crippen LogP contribution in [0.2, 0.25) is 10.0 Å². The van der Waals surface area contributed by atoms with Gasteiger partial charge in [0.2, 0.25) is 11.8 Å². The highest BCUT2D eigenvalue weighted by molar-refractivity contribution is 6.39. The number of hydrogen-bond acceptors (Lipinski definition) is 3. The summed E-state index contributed by atoms with van der Waals surface area (Å²) in [6.07, 6.45) is 0. The monoisotopic (exact) mass is 469 g/mol. The third kappa shape index (κ3) is 6.10. The van der Waals surface area contributed by atoms with E-state index in [1.54, 1.807) is 37.1 Å². The Morgan fingerprint density at radius 3 is 1.84 bits per heavy atom. The maximum absolute atomic E-state index is 13.1. The second kappa shape index (κ2) is 11.1. The minimum absolute atomic E-state index is 0.00250. The van der Waals surface area contributed by atoms with Gasteiger partial charge in [0.05, 0.1) is 34.4 Å². The van der Waals surface area contributed by atoms with Gasteiger partial charge in [-0.15, -0.1) is 0 Å². The van der Waals surface area contributed by atoms with E-state index in [0.717, 1.165) is 11.1 Å². The summed E-state index contributed by atoms with van der Waals surface area (Å²) >= 11 is 12.2. The number of rotatable bonds is 8. The molecule has 5 nitrogen and oxygen atoms in total. The van der Waals surface area contributed by atoms with Crippen molar-refractivity contribution in [1.29, 1.82) is 0 Å². The number of amides is 2. The van der Waals surface area contributed by atoms with Gasteiger partial charge in [-0.2, -0.15) is 0 Å². The summed E-state index contributed by atoms with van der Waals surface area (Å²) in [6, 6.07) is 23.7. The molecule has 2 amide bonds. The molecule has 32 heavy (non-hydrogen) atoms. The lowest BCUT2D eigenvalue weighted by atomic mass is 9.98. The molecule has 0 radical (unpaired) electrons. The molecule has 0 unspecified atom stereocenters. The van der Waals surface area contributed by atoms with Gasteiger partial charge in [0.15, 0.2) is 0 Å². The first kappa shape index (κ1) is 23.8. The van der Waals surface area contributed by atoms with E-state index < -0.39 is 6.04 Å². The van der Waals surface area contributed by atoms with E-state index in [1.807, 2.05) is 60.7 Å². The molecule has 0 fully saturated rings. The Balaban J connectivity index is 1.67. The summed E-state index contributed by atoms with van der Waals surface area (Å²) in [6.45, 7) is 1.76. The largest absolute Gasteiger partial charge is 0.344 e. The Morgan fingerprint density at radius 1 is 0.844 bits per heavy atom. The van der Waals surface area contributed by atoms with Crippen LogP contribution in [0.15, 0.2) is 78.9 Å². The fourth-order valence-corrected chi connectivity index (χ4v) is 3.76. The van der Waals surface area contributed by atoms with Crippen molar-refractivity contribution in [2.45, 2.75) is 19.0 Å². The van der Waals surface area contributed by atoms with Crippen molar-refractivity contribution in [3.05, 3.63) is 100 Å². The van der Waals surface area contributed by atoms with Crippen molar-refractivity contribution in [3.8, 4) is 0 Å². The minimum Gasteiger partial charge on any atom is -0.344 e. The normalized spacial score (nSPS) is 11.9. The minimum atomic E-state index is -0.544. The molecule has 166 valence electrons. The smallest absolute Gasteiger partial charge is 0.238 e. The van der Waals surface area contributed by atoms with Crippen molar-refractivity contribution < 1.29 is 9.59 Å². The summed E-state index contributed by atoms with van der Waals surface area (Å²) < 4.78 is 0. The predicted octanol–water partition coefficient (Wildman–Crippen LogP) is 5.16. The molecule has 0 saturated carbocycles. The number of likely N-dealkylation sites (N-methyl/N-ethyl adjacent to an activating group) is 1. The second-order valence-corrected chi connectivity index (χ2v) is 8.31. The molecule has 1 atom stereocenters. The van der Waals surface area contributed by atoms with Gasteiger partial charge < -0.3 is 10.6 Å². The number of carbonyl (C=O) groups is 2. The van der Waals surface area contributed by atoms with Gasteiger partial charge in [0.25, 0.3) is 0 Å². The first-order chi connectivity index (χ1) is 15.4. The molecule has 3 aromatic carbocycles. The highest BCUT2D eigenvalue weighted by Crippen LogP contribution is 2.29. The maximum atomic E-state index is 13.1. The standard InChI is InChI=1S/C25H25Cl2N3O2/c1-17(30(2)16-22(31)28-24-20(26)14-9-15-21(24)27)25(32)29-23(18-10-5-3-6-11-18)19-12-7-4-8-13-19/h3-15,17,23H,16H2,1-2H3,(H,28,31)(H,29,32)/t17-/m0/s1. The van der Waals surface area contributed by atoms with Gasteiger partial charge >= 0.3 is 0 Å². The maximum Gasteiger partial charge on any atom is 0.238 e. The molecule has 7 heteroatoms. The van der Waals surface area contributed by atoms with Crippen LogP contribution in [0, 0.1) is 0 Å². The molecule has 0 aliphatic carbocycles. The van der Waals surface area contributed by atoms with Crippen molar-refractivity contribution in [3.63, 3.8) is 0 Å². The number of benzene rings is 3. The van der Waals surface area contributed by atoms with Crippen LogP contribution < -0.4 is 10.6 Å². The zero-order chi connectivity index (χ0) is 23.1. The number of nitrogens with zero attached hydrogens (tertiary/aromatic N) is 1. The number of hydrogen-bond donors (Lipinski definition) is 2. The average Bonchev–Trinajstić information content (AvgIpc) is 2.80. The van der Waals surface area contributed by atoms with Crippen LogP contribution in [0.1, 0.15) is 24.1 Å². The average molecular weight is 470 g/mol. The van der Waals surface area contributed by atoms with Crippen LogP contribution in [-0.2, 0) is 9.59 Å². The van der Waals surface area contributed by atoms with Gasteiger partial charge in [-0.1, -0.05) is 89.9 Å². The highest BCUT2D eigenvalue weighted by Gasteiger charge is 2.24. The van der Waals surface area contributed by atoms with Crippen LogP contribution in [0.25, 0.3) is 0 Å². The van der Waals surface area contributed by atoms with Gasteiger partial charge in [-0.3, -0.25) is 14.5 Å². The van der Waals surface area contributed by atoms with E-state index in [4.69, 9.17) is 23.2 Å². The van der Waals surface area contributed by atoms with Gasteiger partial charge in [-0.05, 0) is 37.2 Å². The van der Waals surface area contributed by atoms with E-state index in [-0.39, 0.29) is 24.4 Å². The number of carbonyl (C=O) groups excluding carboxylic acids is 2. The Bertz CT molecular complexity index is 1000. The van der Waals surface area contributed by atoms with E-state index in [9.17, 15) is 9.59 Å². The summed E-state index contributed by atoms with van der Waals surface area (Å²) in [5, 5.41) is 6.55. The van der Waals surface area contributed by atoms with E-state index in [0.29, 0.717) is 15.7 Å². The number of anilines is 1. The van der Waals surface area contributed by atoms with Gasteiger partial charge in [0, 0.05) is 0 Å². The number of nitrogens with one attached hydrogen (secondary N) is 2. The Labute approximate surface area is 198 Å². The molecule has 0 aliphatic rings. The molecular formula is C25H25Cl2N3O2. The lowest BCUT2D eigenvalue weighted by molar-refractivity contribution is -0.127. The quantitative estimate of drug-likeness (QED) is 0.478. The Hall–Kier alpha value is -2.86.